The third kappa shape index (κ3) is 1.97. The van der Waals surface area contributed by atoms with E-state index in [1.807, 2.05) is 4.90 Å². The fourth-order valence-corrected chi connectivity index (χ4v) is 3.09. The molecule has 1 saturated heterocycles. The molecule has 0 atom stereocenters. The molecule has 0 aromatic carbocycles. The molecule has 1 fully saturated rings. The van der Waals surface area contributed by atoms with E-state index in [0.29, 0.717) is 5.91 Å². The first-order valence-corrected chi connectivity index (χ1v) is 6.27. The third-order valence-electron chi connectivity index (χ3n) is 3.27. The van der Waals surface area contributed by atoms with Gasteiger partial charge in [-0.1, -0.05) is 0 Å². The normalized spacial score (nSPS) is 19.6. The molecular weight excluding hydrogens is 244 g/mol. The van der Waals surface area contributed by atoms with Crippen LogP contribution in [0.3, 0.4) is 0 Å². The third-order valence-corrected chi connectivity index (χ3v) is 4.21. The van der Waals surface area contributed by atoms with E-state index < -0.39 is 0 Å². The minimum atomic E-state index is 0. The lowest BCUT2D eigenvalue weighted by Gasteiger charge is -2.34. The second-order valence-corrected chi connectivity index (χ2v) is 5.23. The molecule has 0 aliphatic carbocycles. The van der Waals surface area contributed by atoms with Crippen molar-refractivity contribution in [1.29, 1.82) is 0 Å². The number of hydrogen-bond donors (Lipinski definition) is 1. The van der Waals surface area contributed by atoms with E-state index in [-0.39, 0.29) is 18.3 Å². The standard InChI is InChI=1S/C11H14N2OS.ClH/c14-11(9-5-12-6-9)13-3-1-8-2-4-15-10(8)7-13;/h2,4,9,12H,1,3,5-7H2;1H. The van der Waals surface area contributed by atoms with E-state index in [4.69, 9.17) is 0 Å². The van der Waals surface area contributed by atoms with Crippen molar-refractivity contribution in [2.45, 2.75) is 13.0 Å². The zero-order valence-electron chi connectivity index (χ0n) is 8.94. The molecule has 1 amide bonds. The molecule has 0 radical (unpaired) electrons. The molecule has 0 bridgehead atoms. The Kier molecular flexibility index (Phi) is 3.52. The van der Waals surface area contributed by atoms with Crippen LogP contribution in [0.15, 0.2) is 11.4 Å². The SMILES string of the molecule is Cl.O=C(C1CNC1)N1CCc2ccsc2C1. The van der Waals surface area contributed by atoms with E-state index in [1.165, 1.54) is 10.4 Å². The highest BCUT2D eigenvalue weighted by molar-refractivity contribution is 7.10. The largest absolute Gasteiger partial charge is 0.337 e. The van der Waals surface area contributed by atoms with Crippen molar-refractivity contribution in [2.24, 2.45) is 5.92 Å². The zero-order valence-corrected chi connectivity index (χ0v) is 10.6. The van der Waals surface area contributed by atoms with Gasteiger partial charge in [0.15, 0.2) is 0 Å². The molecule has 5 heteroatoms. The number of rotatable bonds is 1. The van der Waals surface area contributed by atoms with Crippen molar-refractivity contribution >= 4 is 29.7 Å². The summed E-state index contributed by atoms with van der Waals surface area (Å²) in [7, 11) is 0. The van der Waals surface area contributed by atoms with Crippen LogP contribution in [0.5, 0.6) is 0 Å². The molecule has 1 N–H and O–H groups in total. The molecule has 3 heterocycles. The molecule has 0 spiro atoms. The maximum atomic E-state index is 12.0. The number of fused-ring (bicyclic) bond motifs is 1. The van der Waals surface area contributed by atoms with Gasteiger partial charge in [0.2, 0.25) is 5.91 Å². The fraction of sp³-hybridized carbons (Fsp3) is 0.545. The van der Waals surface area contributed by atoms with Gasteiger partial charge in [-0.25, -0.2) is 0 Å². The molecule has 1 aromatic rings. The molecular formula is C11H15ClN2OS. The number of carbonyl (C=O) groups is 1. The minimum absolute atomic E-state index is 0. The summed E-state index contributed by atoms with van der Waals surface area (Å²) in [5.74, 6) is 0.583. The van der Waals surface area contributed by atoms with Crippen molar-refractivity contribution in [3.8, 4) is 0 Å². The number of thiophene rings is 1. The molecule has 0 saturated carbocycles. The second-order valence-electron chi connectivity index (χ2n) is 4.23. The number of halogens is 1. The van der Waals surface area contributed by atoms with Crippen molar-refractivity contribution in [3.63, 3.8) is 0 Å². The van der Waals surface area contributed by atoms with E-state index in [0.717, 1.165) is 32.6 Å². The van der Waals surface area contributed by atoms with Gasteiger partial charge in [0.05, 0.1) is 12.5 Å². The number of nitrogens with one attached hydrogen (secondary N) is 1. The van der Waals surface area contributed by atoms with Crippen LogP contribution in [0.25, 0.3) is 0 Å². The lowest BCUT2D eigenvalue weighted by molar-refractivity contribution is -0.137. The van der Waals surface area contributed by atoms with Crippen LogP contribution in [0.2, 0.25) is 0 Å². The highest BCUT2D eigenvalue weighted by Gasteiger charge is 2.31. The van der Waals surface area contributed by atoms with Crippen molar-refractivity contribution in [2.75, 3.05) is 19.6 Å². The summed E-state index contributed by atoms with van der Waals surface area (Å²) in [6.07, 6.45) is 1.03. The average molecular weight is 259 g/mol. The predicted molar refractivity (Wildman–Crippen MR) is 67.0 cm³/mol. The van der Waals surface area contributed by atoms with Crippen molar-refractivity contribution in [1.82, 2.24) is 10.2 Å². The minimum Gasteiger partial charge on any atom is -0.337 e. The molecule has 3 rings (SSSR count). The average Bonchev–Trinajstić information content (AvgIpc) is 2.61. The van der Waals surface area contributed by atoms with Crippen molar-refractivity contribution < 1.29 is 4.79 Å². The summed E-state index contributed by atoms with van der Waals surface area (Å²) in [4.78, 5) is 15.4. The quantitative estimate of drug-likeness (QED) is 0.823. The van der Waals surface area contributed by atoms with Gasteiger partial charge in [-0.15, -0.1) is 23.7 Å². The number of carbonyl (C=O) groups excluding carboxylic acids is 1. The number of hydrogen-bond acceptors (Lipinski definition) is 3. The smallest absolute Gasteiger partial charge is 0.228 e. The molecule has 16 heavy (non-hydrogen) atoms. The van der Waals surface area contributed by atoms with Gasteiger partial charge in [0, 0.05) is 24.5 Å². The van der Waals surface area contributed by atoms with Crippen LogP contribution in [-0.4, -0.2) is 30.4 Å². The van der Waals surface area contributed by atoms with Gasteiger partial charge in [-0.3, -0.25) is 4.79 Å². The van der Waals surface area contributed by atoms with Gasteiger partial charge in [0.1, 0.15) is 0 Å². The Labute approximate surface area is 105 Å². The van der Waals surface area contributed by atoms with Gasteiger partial charge < -0.3 is 10.2 Å². The Hall–Kier alpha value is -0.580. The number of amides is 1. The Morgan fingerprint density at radius 2 is 2.31 bits per heavy atom. The van der Waals surface area contributed by atoms with Crippen molar-refractivity contribution in [3.05, 3.63) is 21.9 Å². The van der Waals surface area contributed by atoms with Crippen LogP contribution in [0, 0.1) is 5.92 Å². The Balaban J connectivity index is 0.000000963. The molecule has 88 valence electrons. The Bertz CT molecular complexity index is 389. The second kappa shape index (κ2) is 4.73. The van der Waals surface area contributed by atoms with E-state index in [9.17, 15) is 4.79 Å². The number of nitrogens with zero attached hydrogens (tertiary/aromatic N) is 1. The molecule has 2 aliphatic heterocycles. The summed E-state index contributed by atoms with van der Waals surface area (Å²) >= 11 is 1.77. The maximum Gasteiger partial charge on any atom is 0.228 e. The van der Waals surface area contributed by atoms with Gasteiger partial charge in [-0.2, -0.15) is 0 Å². The fourth-order valence-electron chi connectivity index (χ4n) is 2.15. The molecule has 0 unspecified atom stereocenters. The molecule has 3 nitrogen and oxygen atoms in total. The van der Waals surface area contributed by atoms with Gasteiger partial charge in [0.25, 0.3) is 0 Å². The predicted octanol–water partition coefficient (Wildman–Crippen LogP) is 1.27. The summed E-state index contributed by atoms with van der Waals surface area (Å²) in [6, 6.07) is 2.19. The zero-order chi connectivity index (χ0) is 10.3. The van der Waals surface area contributed by atoms with E-state index in [1.54, 1.807) is 11.3 Å². The first kappa shape index (κ1) is 11.9. The van der Waals surface area contributed by atoms with E-state index >= 15 is 0 Å². The van der Waals surface area contributed by atoms with Gasteiger partial charge in [-0.05, 0) is 23.4 Å². The van der Waals surface area contributed by atoms with Crippen LogP contribution < -0.4 is 5.32 Å². The van der Waals surface area contributed by atoms with Crippen LogP contribution >= 0.6 is 23.7 Å². The monoisotopic (exact) mass is 258 g/mol. The van der Waals surface area contributed by atoms with Crippen LogP contribution in [-0.2, 0) is 17.8 Å². The maximum absolute atomic E-state index is 12.0. The van der Waals surface area contributed by atoms with Crippen LogP contribution in [0.1, 0.15) is 10.4 Å². The highest BCUT2D eigenvalue weighted by atomic mass is 35.5. The van der Waals surface area contributed by atoms with E-state index in [2.05, 4.69) is 16.8 Å². The summed E-state index contributed by atoms with van der Waals surface area (Å²) in [5.41, 5.74) is 1.44. The first-order valence-electron chi connectivity index (χ1n) is 5.39. The summed E-state index contributed by atoms with van der Waals surface area (Å²) in [5, 5.41) is 5.28. The summed E-state index contributed by atoms with van der Waals surface area (Å²) in [6.45, 7) is 3.47. The lowest BCUT2D eigenvalue weighted by atomic mass is 10.00. The first-order chi connectivity index (χ1) is 7.34. The van der Waals surface area contributed by atoms with Gasteiger partial charge >= 0.3 is 0 Å². The topological polar surface area (TPSA) is 32.3 Å². The highest BCUT2D eigenvalue weighted by Crippen LogP contribution is 2.25. The molecule has 1 aromatic heterocycles. The molecule has 2 aliphatic rings. The Morgan fingerprint density at radius 1 is 1.50 bits per heavy atom. The lowest BCUT2D eigenvalue weighted by Crippen LogP contribution is -2.52. The van der Waals surface area contributed by atoms with Crippen LogP contribution in [0.4, 0.5) is 0 Å². The summed E-state index contributed by atoms with van der Waals surface area (Å²) < 4.78 is 0. The Morgan fingerprint density at radius 3 is 3.00 bits per heavy atom.